The number of ether oxygens (including phenoxy) is 1. The summed E-state index contributed by atoms with van der Waals surface area (Å²) in [6, 6.07) is 0. The number of alkyl halides is 2. The zero-order valence-electron chi connectivity index (χ0n) is 7.36. The van der Waals surface area contributed by atoms with Gasteiger partial charge in [0, 0.05) is 4.91 Å². The average molecular weight is 225 g/mol. The molecule has 0 amide bonds. The van der Waals surface area contributed by atoms with Crippen molar-refractivity contribution in [3.8, 4) is 0 Å². The number of rotatable bonds is 2. The third kappa shape index (κ3) is 2.16. The van der Waals surface area contributed by atoms with Gasteiger partial charge in [-0.05, 0) is 5.53 Å². The first-order valence-electron chi connectivity index (χ1n) is 3.99. The zero-order valence-corrected chi connectivity index (χ0v) is 7.36. The summed E-state index contributed by atoms with van der Waals surface area (Å²) in [6.07, 6.45) is -8.44. The number of halogens is 2. The molecule has 7 nitrogen and oxygen atoms in total. The van der Waals surface area contributed by atoms with E-state index in [9.17, 15) is 8.78 Å². The smallest absolute Gasteiger partial charge is 0.301 e. The van der Waals surface area contributed by atoms with Gasteiger partial charge in [0.1, 0.15) is 12.2 Å². The maximum Gasteiger partial charge on any atom is 0.301 e. The van der Waals surface area contributed by atoms with Crippen LogP contribution in [0.3, 0.4) is 0 Å². The summed E-state index contributed by atoms with van der Waals surface area (Å²) < 4.78 is 30.7. The SMILES string of the molecule is [N-]=[N+]=NC[C@H]1OC(O)[C@H](O)[C@@H](O)C1(F)F. The van der Waals surface area contributed by atoms with Crippen molar-refractivity contribution < 1.29 is 28.8 Å². The van der Waals surface area contributed by atoms with Gasteiger partial charge in [0.2, 0.25) is 0 Å². The quantitative estimate of drug-likeness (QED) is 0.329. The van der Waals surface area contributed by atoms with E-state index in [1.54, 1.807) is 0 Å². The summed E-state index contributed by atoms with van der Waals surface area (Å²) in [7, 11) is 0. The normalized spacial score (nSPS) is 39.5. The van der Waals surface area contributed by atoms with Crippen LogP contribution >= 0.6 is 0 Å². The minimum absolute atomic E-state index is 0.746. The summed E-state index contributed by atoms with van der Waals surface area (Å²) in [4.78, 5) is 2.25. The first-order valence-corrected chi connectivity index (χ1v) is 3.99. The fourth-order valence-electron chi connectivity index (χ4n) is 1.19. The molecule has 0 aliphatic carbocycles. The van der Waals surface area contributed by atoms with Crippen LogP contribution in [0.1, 0.15) is 0 Å². The van der Waals surface area contributed by atoms with Crippen LogP contribution in [0.5, 0.6) is 0 Å². The number of hydrogen-bond acceptors (Lipinski definition) is 5. The van der Waals surface area contributed by atoms with Crippen LogP contribution in [0.15, 0.2) is 5.11 Å². The van der Waals surface area contributed by atoms with E-state index in [4.69, 9.17) is 20.9 Å². The monoisotopic (exact) mass is 225 g/mol. The molecule has 0 saturated carbocycles. The van der Waals surface area contributed by atoms with E-state index in [1.807, 2.05) is 0 Å². The number of aliphatic hydroxyl groups excluding tert-OH is 3. The fraction of sp³-hybridized carbons (Fsp3) is 1.00. The van der Waals surface area contributed by atoms with Crippen molar-refractivity contribution in [2.45, 2.75) is 30.5 Å². The van der Waals surface area contributed by atoms with Gasteiger partial charge >= 0.3 is 5.92 Å². The average Bonchev–Trinajstić information content (AvgIpc) is 2.19. The largest absolute Gasteiger partial charge is 0.385 e. The van der Waals surface area contributed by atoms with Crippen molar-refractivity contribution in [3.05, 3.63) is 10.4 Å². The molecule has 3 N–H and O–H groups in total. The lowest BCUT2D eigenvalue weighted by Crippen LogP contribution is -2.62. The molecule has 0 spiro atoms. The highest BCUT2D eigenvalue weighted by atomic mass is 19.3. The molecule has 1 heterocycles. The van der Waals surface area contributed by atoms with E-state index in [1.165, 1.54) is 0 Å². The Balaban J connectivity index is 2.83. The van der Waals surface area contributed by atoms with Crippen LogP contribution in [-0.2, 0) is 4.74 Å². The lowest BCUT2D eigenvalue weighted by atomic mass is 9.98. The molecule has 0 aromatic heterocycles. The van der Waals surface area contributed by atoms with Gasteiger partial charge in [-0.2, -0.15) is 0 Å². The molecule has 1 saturated heterocycles. The summed E-state index contributed by atoms with van der Waals surface area (Å²) in [5.41, 5.74) is 7.93. The van der Waals surface area contributed by atoms with Crippen molar-refractivity contribution in [1.82, 2.24) is 0 Å². The lowest BCUT2D eigenvalue weighted by Gasteiger charge is -2.40. The van der Waals surface area contributed by atoms with Gasteiger partial charge in [-0.3, -0.25) is 0 Å². The van der Waals surface area contributed by atoms with E-state index >= 15 is 0 Å². The van der Waals surface area contributed by atoms with Gasteiger partial charge < -0.3 is 20.1 Å². The van der Waals surface area contributed by atoms with Crippen LogP contribution in [0.25, 0.3) is 10.4 Å². The first kappa shape index (κ1) is 12.1. The van der Waals surface area contributed by atoms with Gasteiger partial charge in [0.25, 0.3) is 0 Å². The van der Waals surface area contributed by atoms with Crippen LogP contribution in [0.2, 0.25) is 0 Å². The molecular formula is C6H9F2N3O4. The second-order valence-corrected chi connectivity index (χ2v) is 3.04. The highest BCUT2D eigenvalue weighted by Gasteiger charge is 2.56. The van der Waals surface area contributed by atoms with Crippen molar-refractivity contribution in [2.24, 2.45) is 5.11 Å². The van der Waals surface area contributed by atoms with Crippen LogP contribution in [0.4, 0.5) is 8.78 Å². The summed E-state index contributed by atoms with van der Waals surface area (Å²) >= 11 is 0. The molecule has 15 heavy (non-hydrogen) atoms. The number of nitrogens with zero attached hydrogens (tertiary/aromatic N) is 3. The second-order valence-electron chi connectivity index (χ2n) is 3.04. The van der Waals surface area contributed by atoms with Crippen LogP contribution in [0, 0.1) is 0 Å². The second kappa shape index (κ2) is 4.25. The lowest BCUT2D eigenvalue weighted by molar-refractivity contribution is -0.327. The molecule has 1 aliphatic rings. The van der Waals surface area contributed by atoms with Gasteiger partial charge in [-0.25, -0.2) is 8.78 Å². The summed E-state index contributed by atoms with van der Waals surface area (Å²) in [5.74, 6) is -3.78. The maximum absolute atomic E-state index is 13.2. The highest BCUT2D eigenvalue weighted by Crippen LogP contribution is 2.34. The van der Waals surface area contributed by atoms with Crippen LogP contribution in [-0.4, -0.2) is 52.4 Å². The molecule has 0 aromatic rings. The topological polar surface area (TPSA) is 119 Å². The highest BCUT2D eigenvalue weighted by molar-refractivity contribution is 4.95. The van der Waals surface area contributed by atoms with Gasteiger partial charge in [-0.1, -0.05) is 5.11 Å². The Morgan fingerprint density at radius 3 is 2.53 bits per heavy atom. The van der Waals surface area contributed by atoms with Crippen LogP contribution < -0.4 is 0 Å². The maximum atomic E-state index is 13.2. The van der Waals surface area contributed by atoms with E-state index < -0.39 is 37.1 Å². The molecule has 1 fully saturated rings. The van der Waals surface area contributed by atoms with Gasteiger partial charge in [0.15, 0.2) is 12.4 Å². The molecule has 0 radical (unpaired) electrons. The molecule has 1 unspecified atom stereocenters. The van der Waals surface area contributed by atoms with Gasteiger partial charge in [-0.15, -0.1) is 0 Å². The predicted octanol–water partition coefficient (Wildman–Crippen LogP) is -0.629. The Bertz CT molecular complexity index is 284. The summed E-state index contributed by atoms with van der Waals surface area (Å²) in [5, 5.41) is 29.7. The van der Waals surface area contributed by atoms with E-state index in [0.717, 1.165) is 0 Å². The minimum Gasteiger partial charge on any atom is -0.385 e. The Hall–Kier alpha value is -0.990. The summed E-state index contributed by atoms with van der Waals surface area (Å²) in [6.45, 7) is -0.746. The predicted molar refractivity (Wildman–Crippen MR) is 41.9 cm³/mol. The van der Waals surface area contributed by atoms with Crippen molar-refractivity contribution in [3.63, 3.8) is 0 Å². The first-order chi connectivity index (χ1) is 6.91. The Morgan fingerprint density at radius 2 is 2.00 bits per heavy atom. The molecule has 4 atom stereocenters. The van der Waals surface area contributed by atoms with E-state index in [-0.39, 0.29) is 0 Å². The molecule has 0 aromatic carbocycles. The molecule has 1 aliphatic heterocycles. The van der Waals surface area contributed by atoms with E-state index in [2.05, 4.69) is 14.8 Å². The number of aliphatic hydroxyl groups is 3. The Labute approximate surface area is 82.5 Å². The molecule has 9 heteroatoms. The molecule has 0 bridgehead atoms. The fourth-order valence-corrected chi connectivity index (χ4v) is 1.19. The third-order valence-corrected chi connectivity index (χ3v) is 2.05. The number of azide groups is 1. The zero-order chi connectivity index (χ0) is 11.6. The van der Waals surface area contributed by atoms with E-state index in [0.29, 0.717) is 0 Å². The third-order valence-electron chi connectivity index (χ3n) is 2.05. The molecule has 86 valence electrons. The minimum atomic E-state index is -3.78. The van der Waals surface area contributed by atoms with Crippen molar-refractivity contribution in [1.29, 1.82) is 0 Å². The van der Waals surface area contributed by atoms with Crippen molar-refractivity contribution in [2.75, 3.05) is 6.54 Å². The Kier molecular flexibility index (Phi) is 3.42. The van der Waals surface area contributed by atoms with Gasteiger partial charge in [0.05, 0.1) is 6.54 Å². The Morgan fingerprint density at radius 1 is 1.40 bits per heavy atom. The standard InChI is InChI=1S/C6H9F2N3O4/c7-6(8)2(1-10-11-9)15-5(14)3(12)4(6)13/h2-5,12-14H,1H2/t2-,3-,4-,5?/m1/s1. The number of hydrogen-bond donors (Lipinski definition) is 3. The van der Waals surface area contributed by atoms with Crippen molar-refractivity contribution >= 4 is 0 Å². The molecule has 1 rings (SSSR count). The molecular weight excluding hydrogens is 216 g/mol.